The molecule has 0 amide bonds. The molecule has 0 heterocycles. The van der Waals surface area contributed by atoms with Crippen molar-refractivity contribution >= 4 is 9.84 Å². The first-order chi connectivity index (χ1) is 10.4. The molecule has 0 saturated heterocycles. The van der Waals surface area contributed by atoms with Crippen molar-refractivity contribution in [2.24, 2.45) is 0 Å². The number of terminal acetylenes is 1. The van der Waals surface area contributed by atoms with Gasteiger partial charge in [0.15, 0.2) is 9.84 Å². The number of allylic oxidation sites excluding steroid dienone is 3. The number of benzene rings is 1. The molecule has 0 saturated carbocycles. The molecule has 0 spiro atoms. The Balaban J connectivity index is 2.99. The molecule has 0 aliphatic rings. The molecule has 2 nitrogen and oxygen atoms in total. The second-order valence-electron chi connectivity index (χ2n) is 5.64. The summed E-state index contributed by atoms with van der Waals surface area (Å²) in [5, 5.41) is -0.661. The van der Waals surface area contributed by atoms with Gasteiger partial charge in [0.2, 0.25) is 0 Å². The number of hydrogen-bond acceptors (Lipinski definition) is 2. The Morgan fingerprint density at radius 1 is 1.23 bits per heavy atom. The number of hydrogen-bond donors (Lipinski definition) is 0. The van der Waals surface area contributed by atoms with E-state index in [1.165, 1.54) is 5.57 Å². The van der Waals surface area contributed by atoms with Crippen molar-refractivity contribution in [3.63, 3.8) is 0 Å². The zero-order chi connectivity index (χ0) is 16.6. The van der Waals surface area contributed by atoms with Gasteiger partial charge in [0.05, 0.1) is 10.1 Å². The predicted octanol–water partition coefficient (Wildman–Crippen LogP) is 4.54. The fourth-order valence-electron chi connectivity index (χ4n) is 2.15. The predicted molar refractivity (Wildman–Crippen MR) is 93.3 cm³/mol. The van der Waals surface area contributed by atoms with Crippen LogP contribution in [0.4, 0.5) is 0 Å². The van der Waals surface area contributed by atoms with Crippen molar-refractivity contribution in [1.29, 1.82) is 0 Å². The van der Waals surface area contributed by atoms with Crippen LogP contribution in [0, 0.1) is 12.3 Å². The largest absolute Gasteiger partial charge is 0.223 e. The third-order valence-electron chi connectivity index (χ3n) is 3.35. The van der Waals surface area contributed by atoms with Gasteiger partial charge in [-0.25, -0.2) is 8.42 Å². The van der Waals surface area contributed by atoms with E-state index >= 15 is 0 Å². The summed E-state index contributed by atoms with van der Waals surface area (Å²) in [7, 11) is -3.43. The van der Waals surface area contributed by atoms with Gasteiger partial charge in [-0.2, -0.15) is 0 Å². The molecule has 1 rings (SSSR count). The van der Waals surface area contributed by atoms with Crippen molar-refractivity contribution in [1.82, 2.24) is 0 Å². The van der Waals surface area contributed by atoms with Gasteiger partial charge in [-0.1, -0.05) is 41.5 Å². The SMILES string of the molecule is C#CCC(/C=C(\C)CCC=C(C)C)S(=O)(=O)c1ccccc1. The molecule has 0 fully saturated rings. The van der Waals surface area contributed by atoms with E-state index in [4.69, 9.17) is 6.42 Å². The van der Waals surface area contributed by atoms with Crippen molar-refractivity contribution < 1.29 is 8.42 Å². The van der Waals surface area contributed by atoms with Crippen LogP contribution in [0.15, 0.2) is 58.5 Å². The summed E-state index contributed by atoms with van der Waals surface area (Å²) in [5.74, 6) is 2.49. The smallest absolute Gasteiger partial charge is 0.185 e. The lowest BCUT2D eigenvalue weighted by Gasteiger charge is -2.13. The lowest BCUT2D eigenvalue weighted by atomic mass is 10.1. The Morgan fingerprint density at radius 3 is 2.41 bits per heavy atom. The molecule has 0 aliphatic heterocycles. The summed E-state index contributed by atoms with van der Waals surface area (Å²) in [5.41, 5.74) is 2.32. The van der Waals surface area contributed by atoms with E-state index in [0.29, 0.717) is 4.90 Å². The van der Waals surface area contributed by atoms with Crippen molar-refractivity contribution in [3.05, 3.63) is 53.6 Å². The maximum atomic E-state index is 12.7. The van der Waals surface area contributed by atoms with Gasteiger partial charge in [0, 0.05) is 6.42 Å². The van der Waals surface area contributed by atoms with Crippen LogP contribution < -0.4 is 0 Å². The highest BCUT2D eigenvalue weighted by atomic mass is 32.2. The quantitative estimate of drug-likeness (QED) is 0.546. The zero-order valence-corrected chi connectivity index (χ0v) is 14.4. The molecule has 0 bridgehead atoms. The average Bonchev–Trinajstić information content (AvgIpc) is 2.47. The summed E-state index contributed by atoms with van der Waals surface area (Å²) >= 11 is 0. The minimum Gasteiger partial charge on any atom is -0.223 e. The minimum absolute atomic E-state index is 0.192. The fraction of sp³-hybridized carbons (Fsp3) is 0.368. The van der Waals surface area contributed by atoms with Crippen LogP contribution in [0.5, 0.6) is 0 Å². The van der Waals surface area contributed by atoms with E-state index in [-0.39, 0.29) is 6.42 Å². The zero-order valence-electron chi connectivity index (χ0n) is 13.5. The molecule has 1 unspecified atom stereocenters. The third kappa shape index (κ3) is 5.54. The first-order valence-electron chi connectivity index (χ1n) is 7.41. The molecule has 0 aliphatic carbocycles. The maximum absolute atomic E-state index is 12.7. The van der Waals surface area contributed by atoms with E-state index in [9.17, 15) is 8.42 Å². The first kappa shape index (κ1) is 18.3. The molecule has 0 radical (unpaired) electrons. The van der Waals surface area contributed by atoms with Crippen molar-refractivity contribution in [3.8, 4) is 12.3 Å². The molecular formula is C19H24O2S. The van der Waals surface area contributed by atoms with E-state index in [0.717, 1.165) is 18.4 Å². The van der Waals surface area contributed by atoms with Gasteiger partial charge >= 0.3 is 0 Å². The van der Waals surface area contributed by atoms with Crippen LogP contribution >= 0.6 is 0 Å². The second kappa shape index (κ2) is 8.60. The molecular weight excluding hydrogens is 292 g/mol. The summed E-state index contributed by atoms with van der Waals surface area (Å²) in [6.45, 7) is 6.07. The Morgan fingerprint density at radius 2 is 1.86 bits per heavy atom. The van der Waals surface area contributed by atoms with Gasteiger partial charge in [-0.05, 0) is 45.7 Å². The molecule has 118 valence electrons. The van der Waals surface area contributed by atoms with Gasteiger partial charge in [0.1, 0.15) is 0 Å². The highest BCUT2D eigenvalue weighted by molar-refractivity contribution is 7.92. The Bertz CT molecular complexity index is 670. The van der Waals surface area contributed by atoms with Crippen LogP contribution in [0.25, 0.3) is 0 Å². The number of sulfone groups is 1. The highest BCUT2D eigenvalue weighted by Crippen LogP contribution is 2.21. The average molecular weight is 316 g/mol. The lowest BCUT2D eigenvalue weighted by Crippen LogP contribution is -2.19. The maximum Gasteiger partial charge on any atom is 0.185 e. The first-order valence-corrected chi connectivity index (χ1v) is 8.95. The molecule has 0 aromatic heterocycles. The Hall–Kier alpha value is -1.79. The Kier molecular flexibility index (Phi) is 7.14. The van der Waals surface area contributed by atoms with Crippen molar-refractivity contribution in [2.45, 2.75) is 50.2 Å². The van der Waals surface area contributed by atoms with Gasteiger partial charge in [0.25, 0.3) is 0 Å². The van der Waals surface area contributed by atoms with E-state index in [2.05, 4.69) is 25.8 Å². The van der Waals surface area contributed by atoms with E-state index in [1.807, 2.05) is 6.92 Å². The topological polar surface area (TPSA) is 34.1 Å². The number of rotatable bonds is 7. The van der Waals surface area contributed by atoms with Crippen LogP contribution in [-0.2, 0) is 9.84 Å². The van der Waals surface area contributed by atoms with E-state index in [1.54, 1.807) is 36.4 Å². The summed E-state index contributed by atoms with van der Waals surface area (Å²) in [4.78, 5) is 0.323. The van der Waals surface area contributed by atoms with Crippen LogP contribution in [-0.4, -0.2) is 13.7 Å². The molecule has 3 heteroatoms. The van der Waals surface area contributed by atoms with Crippen LogP contribution in [0.3, 0.4) is 0 Å². The Labute approximate surface area is 134 Å². The lowest BCUT2D eigenvalue weighted by molar-refractivity contribution is 0.588. The van der Waals surface area contributed by atoms with Crippen LogP contribution in [0.1, 0.15) is 40.0 Å². The molecule has 22 heavy (non-hydrogen) atoms. The highest BCUT2D eigenvalue weighted by Gasteiger charge is 2.24. The van der Waals surface area contributed by atoms with Gasteiger partial charge < -0.3 is 0 Å². The summed E-state index contributed by atoms with van der Waals surface area (Å²) in [6.07, 6.45) is 11.3. The normalized spacial score (nSPS) is 13.3. The minimum atomic E-state index is -3.43. The summed E-state index contributed by atoms with van der Waals surface area (Å²) < 4.78 is 25.4. The molecule has 0 N–H and O–H groups in total. The van der Waals surface area contributed by atoms with Gasteiger partial charge in [-0.15, -0.1) is 12.3 Å². The van der Waals surface area contributed by atoms with Gasteiger partial charge in [-0.3, -0.25) is 0 Å². The standard InChI is InChI=1S/C19H24O2S/c1-5-10-19(15-17(4)12-9-11-16(2)3)22(20,21)18-13-7-6-8-14-18/h1,6-8,11,13-15,19H,9-10,12H2,2-4H3/b17-15+. The van der Waals surface area contributed by atoms with Crippen LogP contribution in [0.2, 0.25) is 0 Å². The van der Waals surface area contributed by atoms with Crippen molar-refractivity contribution in [2.75, 3.05) is 0 Å². The van der Waals surface area contributed by atoms with E-state index < -0.39 is 15.1 Å². The summed E-state index contributed by atoms with van der Waals surface area (Å²) in [6, 6.07) is 8.49. The third-order valence-corrected chi connectivity index (χ3v) is 5.38. The molecule has 1 aromatic rings. The monoisotopic (exact) mass is 316 g/mol. The second-order valence-corrected chi connectivity index (χ2v) is 7.80. The fourth-order valence-corrected chi connectivity index (χ4v) is 3.76. The molecule has 1 atom stereocenters. The molecule has 1 aromatic carbocycles.